The monoisotopic (exact) mass is 447 g/mol. The van der Waals surface area contributed by atoms with Crippen molar-refractivity contribution >= 4 is 13.7 Å². The normalized spacial score (nSPS) is 10.2. The van der Waals surface area contributed by atoms with Crippen LogP contribution >= 0.6 is 7.92 Å². The van der Waals surface area contributed by atoms with E-state index >= 15 is 0 Å². The van der Waals surface area contributed by atoms with Gasteiger partial charge in [0, 0.05) is 40.5 Å². The molecule has 0 amide bonds. The van der Waals surface area contributed by atoms with Gasteiger partial charge < -0.3 is 5.11 Å². The fraction of sp³-hybridized carbons (Fsp3) is 0.357. The molecular weight excluding hydrogens is 426 g/mol. The van der Waals surface area contributed by atoms with Gasteiger partial charge in [-0.2, -0.15) is 30.3 Å². The van der Waals surface area contributed by atoms with Crippen LogP contribution in [0.4, 0.5) is 0 Å². The van der Waals surface area contributed by atoms with Gasteiger partial charge >= 0.3 is 0 Å². The molecule has 1 aromatic carbocycles. The van der Waals surface area contributed by atoms with E-state index in [4.69, 9.17) is 5.11 Å². The summed E-state index contributed by atoms with van der Waals surface area (Å²) in [5.41, 5.74) is 1.36. The van der Waals surface area contributed by atoms with Crippen molar-refractivity contribution in [1.82, 2.24) is 0 Å². The van der Waals surface area contributed by atoms with Crippen molar-refractivity contribution in [2.45, 2.75) is 20.0 Å². The summed E-state index contributed by atoms with van der Waals surface area (Å²) in [6.07, 6.45) is 2.41. The number of allylic oxidation sites excluding steroid dienone is 2. The van der Waals surface area contributed by atoms with Crippen molar-refractivity contribution in [2.75, 3.05) is 13.3 Å². The molecule has 0 aliphatic heterocycles. The second-order valence-corrected chi connectivity index (χ2v) is 6.94. The summed E-state index contributed by atoms with van der Waals surface area (Å²) in [6.45, 7) is 7.50. The minimum absolute atomic E-state index is 0. The third-order valence-electron chi connectivity index (χ3n) is 1.73. The number of aliphatic hydroxyl groups excluding tert-OH is 1. The van der Waals surface area contributed by atoms with E-state index in [9.17, 15) is 4.79 Å². The van der Waals surface area contributed by atoms with Crippen LogP contribution in [0.15, 0.2) is 36.1 Å². The summed E-state index contributed by atoms with van der Waals surface area (Å²) in [4.78, 5) is 10.0. The van der Waals surface area contributed by atoms with Crippen molar-refractivity contribution in [3.63, 3.8) is 0 Å². The number of hydrogen-bond donors (Lipinski definition) is 1. The second-order valence-electron chi connectivity index (χ2n) is 4.17. The molecule has 0 bridgehead atoms. The van der Waals surface area contributed by atoms with Crippen molar-refractivity contribution in [2.24, 2.45) is 0 Å². The van der Waals surface area contributed by atoms with E-state index in [1.54, 1.807) is 0 Å². The zero-order valence-electron chi connectivity index (χ0n) is 11.3. The summed E-state index contributed by atoms with van der Waals surface area (Å²) in [7, 11) is -0.118. The fourth-order valence-electron chi connectivity index (χ4n) is 1.22. The average molecular weight is 447 g/mol. The molecule has 0 unspecified atom stereocenters. The SMILES string of the molecule is CC(=O)/C=C(/C)O.C[PH+](C)Cc1[c-]cccc1.[Pt]. The molecule has 0 spiro atoms. The number of aliphatic hydroxyl groups is 1. The van der Waals surface area contributed by atoms with Crippen LogP contribution in [0, 0.1) is 6.07 Å². The third kappa shape index (κ3) is 13.6. The molecule has 0 atom stereocenters. The maximum absolute atomic E-state index is 10.0. The van der Waals surface area contributed by atoms with Gasteiger partial charge in [0.15, 0.2) is 5.78 Å². The van der Waals surface area contributed by atoms with Crippen LogP contribution in [-0.4, -0.2) is 24.2 Å². The summed E-state index contributed by atoms with van der Waals surface area (Å²) >= 11 is 0. The Kier molecular flexibility index (Phi) is 12.8. The van der Waals surface area contributed by atoms with Crippen LogP contribution in [0.3, 0.4) is 0 Å². The van der Waals surface area contributed by atoms with Crippen molar-refractivity contribution in [3.05, 3.63) is 47.7 Å². The van der Waals surface area contributed by atoms with E-state index < -0.39 is 0 Å². The summed E-state index contributed by atoms with van der Waals surface area (Å²) in [5.74, 6) is -0.0625. The van der Waals surface area contributed by atoms with Gasteiger partial charge in [-0.3, -0.25) is 4.79 Å². The largest absolute Gasteiger partial charge is 0.512 e. The molecule has 0 saturated heterocycles. The Morgan fingerprint density at radius 1 is 1.39 bits per heavy atom. The fourth-order valence-corrected chi connectivity index (χ4v) is 2.20. The molecule has 0 saturated carbocycles. The molecule has 104 valence electrons. The van der Waals surface area contributed by atoms with E-state index in [0.29, 0.717) is 0 Å². The van der Waals surface area contributed by atoms with E-state index in [2.05, 4.69) is 31.5 Å². The number of carbonyl (C=O) groups excluding carboxylic acids is 1. The number of benzene rings is 1. The van der Waals surface area contributed by atoms with Gasteiger partial charge in [0.2, 0.25) is 0 Å². The Balaban J connectivity index is 0. The molecule has 1 aromatic rings. The summed E-state index contributed by atoms with van der Waals surface area (Å²) < 4.78 is 0. The molecule has 18 heavy (non-hydrogen) atoms. The Morgan fingerprint density at radius 2 is 2.00 bits per heavy atom. The maximum Gasteiger partial charge on any atom is 0.155 e. The van der Waals surface area contributed by atoms with E-state index in [-0.39, 0.29) is 40.5 Å². The predicted molar refractivity (Wildman–Crippen MR) is 76.2 cm³/mol. The van der Waals surface area contributed by atoms with Crippen LogP contribution in [0.25, 0.3) is 0 Å². The van der Waals surface area contributed by atoms with E-state index in [1.807, 2.05) is 12.1 Å². The summed E-state index contributed by atoms with van der Waals surface area (Å²) in [6, 6.07) is 11.5. The van der Waals surface area contributed by atoms with Crippen LogP contribution in [-0.2, 0) is 32.0 Å². The minimum Gasteiger partial charge on any atom is -0.512 e. The standard InChI is InChI=1S/C9H12P.C5H8O2.Pt/c1-10(2)8-9-6-4-3-5-7-9;1-4(6)3-5(2)7;/h3-6H,8H2,1-2H3;3,6H,1-2H3;/q-1;;/p+1/b;4-3-;. The average Bonchev–Trinajstić information content (AvgIpc) is 2.16. The Labute approximate surface area is 126 Å². The number of rotatable bonds is 3. The van der Waals surface area contributed by atoms with E-state index in [1.165, 1.54) is 31.6 Å². The topological polar surface area (TPSA) is 37.3 Å². The predicted octanol–water partition coefficient (Wildman–Crippen LogP) is 3.50. The van der Waals surface area contributed by atoms with Gasteiger partial charge in [0.1, 0.15) is 0 Å². The first-order valence-corrected chi connectivity index (χ1v) is 8.25. The second kappa shape index (κ2) is 11.6. The smallest absolute Gasteiger partial charge is 0.155 e. The molecule has 0 aromatic heterocycles. The molecule has 2 nitrogen and oxygen atoms in total. The van der Waals surface area contributed by atoms with Gasteiger partial charge in [-0.05, 0) is 21.8 Å². The van der Waals surface area contributed by atoms with E-state index in [0.717, 1.165) is 0 Å². The van der Waals surface area contributed by atoms with Gasteiger partial charge in [-0.15, -0.1) is 5.56 Å². The van der Waals surface area contributed by atoms with Crippen LogP contribution in [0.5, 0.6) is 0 Å². The van der Waals surface area contributed by atoms with Crippen molar-refractivity contribution in [1.29, 1.82) is 0 Å². The van der Waals surface area contributed by atoms with Crippen LogP contribution in [0.2, 0.25) is 0 Å². The van der Waals surface area contributed by atoms with Gasteiger partial charge in [0.05, 0.1) is 11.9 Å². The molecule has 1 rings (SSSR count). The van der Waals surface area contributed by atoms with Crippen molar-refractivity contribution in [3.8, 4) is 0 Å². The molecule has 0 aliphatic rings. The van der Waals surface area contributed by atoms with Gasteiger partial charge in [0.25, 0.3) is 0 Å². The summed E-state index contributed by atoms with van der Waals surface area (Å²) in [5, 5.41) is 8.36. The zero-order chi connectivity index (χ0) is 13.3. The number of hydrogen-bond acceptors (Lipinski definition) is 2. The number of carbonyl (C=O) groups is 1. The van der Waals surface area contributed by atoms with Gasteiger partial charge in [-0.1, -0.05) is 0 Å². The maximum atomic E-state index is 10.0. The third-order valence-corrected chi connectivity index (χ3v) is 2.82. The molecule has 0 radical (unpaired) electrons. The van der Waals surface area contributed by atoms with Crippen LogP contribution in [0.1, 0.15) is 19.4 Å². The Morgan fingerprint density at radius 3 is 2.28 bits per heavy atom. The Hall–Kier alpha value is -0.452. The first-order chi connectivity index (χ1) is 7.91. The molecule has 0 aliphatic carbocycles. The minimum atomic E-state index is -0.125. The molecular formula is C14H21O2PPt. The molecule has 0 fully saturated rings. The van der Waals surface area contributed by atoms with Crippen LogP contribution < -0.4 is 0 Å². The Bertz CT molecular complexity index is 357. The first-order valence-electron chi connectivity index (χ1n) is 5.54. The quantitative estimate of drug-likeness (QED) is 0.334. The molecule has 0 heterocycles. The number of ketones is 1. The zero-order valence-corrected chi connectivity index (χ0v) is 14.5. The molecule has 4 heteroatoms. The van der Waals surface area contributed by atoms with Crippen molar-refractivity contribution < 1.29 is 31.0 Å². The first kappa shape index (κ1) is 19.9. The van der Waals surface area contributed by atoms with Gasteiger partial charge in [-0.25, -0.2) is 0 Å². The molecule has 1 N–H and O–H groups in total.